The fourth-order valence-corrected chi connectivity index (χ4v) is 2.73. The van der Waals surface area contributed by atoms with Crippen LogP contribution in [0.4, 0.5) is 0 Å². The van der Waals surface area contributed by atoms with E-state index in [1.54, 1.807) is 6.26 Å². The molecule has 1 heterocycles. The van der Waals surface area contributed by atoms with Gasteiger partial charge in [0.05, 0.1) is 6.26 Å². The van der Waals surface area contributed by atoms with Crippen molar-refractivity contribution >= 4 is 27.6 Å². The maximum Gasteiger partial charge on any atom is 0.142 e. The Morgan fingerprint density at radius 2 is 1.26 bits per heavy atom. The molecule has 3 aromatic rings. The van der Waals surface area contributed by atoms with Crippen LogP contribution in [0.3, 0.4) is 0 Å². The van der Waals surface area contributed by atoms with E-state index in [4.69, 9.17) is 4.74 Å². The third-order valence-corrected chi connectivity index (χ3v) is 3.56. The molecule has 1 heteroatoms. The standard InChI is InChI=1S/C18H12O/c1-2-8-15-13(7-1)14-9-3-4-10-16(14)18-17(15)11-5-6-12-19-18/h1-12H. The molecule has 0 bridgehead atoms. The summed E-state index contributed by atoms with van der Waals surface area (Å²) in [5, 5.41) is 4.90. The van der Waals surface area contributed by atoms with Crippen molar-refractivity contribution in [3.05, 3.63) is 72.5 Å². The summed E-state index contributed by atoms with van der Waals surface area (Å²) in [6.07, 6.45) is 7.80. The van der Waals surface area contributed by atoms with Crippen LogP contribution in [0.5, 0.6) is 5.75 Å². The number of benzene rings is 3. The Kier molecular flexibility index (Phi) is 2.18. The molecule has 4 rings (SSSR count). The van der Waals surface area contributed by atoms with E-state index in [1.165, 1.54) is 16.2 Å². The molecule has 0 atom stereocenters. The van der Waals surface area contributed by atoms with Gasteiger partial charge in [-0.05, 0) is 22.2 Å². The van der Waals surface area contributed by atoms with Crippen LogP contribution < -0.4 is 4.74 Å². The average molecular weight is 244 g/mol. The zero-order chi connectivity index (χ0) is 12.7. The predicted octanol–water partition coefficient (Wildman–Crippen LogP) is 4.91. The van der Waals surface area contributed by atoms with E-state index < -0.39 is 0 Å². The Morgan fingerprint density at radius 1 is 0.632 bits per heavy atom. The van der Waals surface area contributed by atoms with Gasteiger partial charge in [-0.3, -0.25) is 0 Å². The second kappa shape index (κ2) is 3.99. The fourth-order valence-electron chi connectivity index (χ4n) is 2.73. The third-order valence-electron chi connectivity index (χ3n) is 3.56. The van der Waals surface area contributed by atoms with Crippen molar-refractivity contribution in [2.75, 3.05) is 0 Å². The Balaban J connectivity index is 2.30. The van der Waals surface area contributed by atoms with Gasteiger partial charge in [0.15, 0.2) is 0 Å². The summed E-state index contributed by atoms with van der Waals surface area (Å²) >= 11 is 0. The van der Waals surface area contributed by atoms with Gasteiger partial charge in [-0.1, -0.05) is 60.7 Å². The van der Waals surface area contributed by atoms with Gasteiger partial charge >= 0.3 is 0 Å². The molecule has 0 radical (unpaired) electrons. The molecular formula is C18H12O. The maximum absolute atomic E-state index is 5.83. The van der Waals surface area contributed by atoms with Gasteiger partial charge in [-0.25, -0.2) is 0 Å². The summed E-state index contributed by atoms with van der Waals surface area (Å²) in [4.78, 5) is 0. The van der Waals surface area contributed by atoms with Crippen molar-refractivity contribution in [1.29, 1.82) is 0 Å². The molecule has 1 aliphatic heterocycles. The molecule has 0 fully saturated rings. The van der Waals surface area contributed by atoms with Gasteiger partial charge < -0.3 is 4.74 Å². The molecule has 0 saturated carbocycles. The van der Waals surface area contributed by atoms with Gasteiger partial charge in [-0.2, -0.15) is 0 Å². The second-order valence-corrected chi connectivity index (χ2v) is 4.64. The zero-order valence-electron chi connectivity index (χ0n) is 10.3. The molecule has 0 N–H and O–H groups in total. The SMILES string of the molecule is C1=COc2c(c3ccccc3c3ccccc23)C=C1. The molecule has 0 amide bonds. The molecule has 0 spiro atoms. The lowest BCUT2D eigenvalue weighted by molar-refractivity contribution is 0.488. The quantitative estimate of drug-likeness (QED) is 0.510. The highest BCUT2D eigenvalue weighted by molar-refractivity contribution is 6.14. The number of rotatable bonds is 0. The molecule has 1 nitrogen and oxygen atoms in total. The van der Waals surface area contributed by atoms with E-state index in [-0.39, 0.29) is 0 Å². The molecule has 90 valence electrons. The smallest absolute Gasteiger partial charge is 0.142 e. The molecule has 0 saturated heterocycles. The van der Waals surface area contributed by atoms with Gasteiger partial charge in [0.1, 0.15) is 5.75 Å². The first-order chi connectivity index (χ1) is 9.45. The van der Waals surface area contributed by atoms with E-state index in [0.29, 0.717) is 0 Å². The number of allylic oxidation sites excluding steroid dienone is 2. The van der Waals surface area contributed by atoms with Crippen molar-refractivity contribution in [2.24, 2.45) is 0 Å². The lowest BCUT2D eigenvalue weighted by atomic mass is 9.96. The Bertz CT molecular complexity index is 841. The molecule has 0 aliphatic carbocycles. The van der Waals surface area contributed by atoms with E-state index in [1.807, 2.05) is 12.2 Å². The molecule has 3 aromatic carbocycles. The van der Waals surface area contributed by atoms with Crippen LogP contribution in [0.15, 0.2) is 66.9 Å². The molecule has 0 unspecified atom stereocenters. The Hall–Kier alpha value is -2.54. The first-order valence-electron chi connectivity index (χ1n) is 6.38. The van der Waals surface area contributed by atoms with Crippen molar-refractivity contribution < 1.29 is 4.74 Å². The summed E-state index contributed by atoms with van der Waals surface area (Å²) in [6.45, 7) is 0. The van der Waals surface area contributed by atoms with Crippen LogP contribution in [0, 0.1) is 0 Å². The van der Waals surface area contributed by atoms with E-state index in [9.17, 15) is 0 Å². The fraction of sp³-hybridized carbons (Fsp3) is 0. The summed E-state index contributed by atoms with van der Waals surface area (Å²) in [7, 11) is 0. The maximum atomic E-state index is 5.83. The zero-order valence-corrected chi connectivity index (χ0v) is 10.3. The van der Waals surface area contributed by atoms with Crippen molar-refractivity contribution in [1.82, 2.24) is 0 Å². The number of fused-ring (bicyclic) bond motifs is 6. The molecular weight excluding hydrogens is 232 g/mol. The van der Waals surface area contributed by atoms with Crippen molar-refractivity contribution in [3.63, 3.8) is 0 Å². The number of hydrogen-bond donors (Lipinski definition) is 0. The Morgan fingerprint density at radius 3 is 2.05 bits per heavy atom. The molecule has 19 heavy (non-hydrogen) atoms. The van der Waals surface area contributed by atoms with Crippen LogP contribution in [-0.4, -0.2) is 0 Å². The van der Waals surface area contributed by atoms with Crippen LogP contribution in [-0.2, 0) is 0 Å². The van der Waals surface area contributed by atoms with E-state index in [0.717, 1.165) is 16.7 Å². The summed E-state index contributed by atoms with van der Waals surface area (Å²) in [6, 6.07) is 16.9. The molecule has 1 aliphatic rings. The van der Waals surface area contributed by atoms with Gasteiger partial charge in [0.2, 0.25) is 0 Å². The van der Waals surface area contributed by atoms with E-state index >= 15 is 0 Å². The number of ether oxygens (including phenoxy) is 1. The highest BCUT2D eigenvalue weighted by atomic mass is 16.5. The lowest BCUT2D eigenvalue weighted by Crippen LogP contribution is -1.90. The van der Waals surface area contributed by atoms with Crippen LogP contribution in [0.25, 0.3) is 27.6 Å². The predicted molar refractivity (Wildman–Crippen MR) is 80.3 cm³/mol. The normalized spacial score (nSPS) is 13.3. The topological polar surface area (TPSA) is 9.23 Å². The third kappa shape index (κ3) is 1.48. The average Bonchev–Trinajstić information content (AvgIpc) is 2.73. The minimum atomic E-state index is 0.944. The van der Waals surface area contributed by atoms with Crippen LogP contribution in [0.2, 0.25) is 0 Å². The van der Waals surface area contributed by atoms with Gasteiger partial charge in [-0.15, -0.1) is 0 Å². The van der Waals surface area contributed by atoms with Crippen molar-refractivity contribution in [3.8, 4) is 5.75 Å². The second-order valence-electron chi connectivity index (χ2n) is 4.64. The summed E-state index contributed by atoms with van der Waals surface area (Å²) in [5.41, 5.74) is 1.15. The van der Waals surface area contributed by atoms with Crippen LogP contribution >= 0.6 is 0 Å². The van der Waals surface area contributed by atoms with E-state index in [2.05, 4.69) is 54.6 Å². The van der Waals surface area contributed by atoms with Crippen molar-refractivity contribution in [2.45, 2.75) is 0 Å². The minimum absolute atomic E-state index is 0.944. The lowest BCUT2D eigenvalue weighted by Gasteiger charge is -2.13. The highest BCUT2D eigenvalue weighted by Gasteiger charge is 2.13. The van der Waals surface area contributed by atoms with Crippen LogP contribution in [0.1, 0.15) is 5.56 Å². The summed E-state index contributed by atoms with van der Waals surface area (Å²) < 4.78 is 5.83. The monoisotopic (exact) mass is 244 g/mol. The Labute approximate surface area is 111 Å². The van der Waals surface area contributed by atoms with Gasteiger partial charge in [0.25, 0.3) is 0 Å². The first-order valence-corrected chi connectivity index (χ1v) is 6.38. The largest absolute Gasteiger partial charge is 0.464 e. The highest BCUT2D eigenvalue weighted by Crippen LogP contribution is 2.39. The van der Waals surface area contributed by atoms with Gasteiger partial charge in [0, 0.05) is 10.9 Å². The number of hydrogen-bond acceptors (Lipinski definition) is 1. The summed E-state index contributed by atoms with van der Waals surface area (Å²) in [5.74, 6) is 0.944. The molecule has 0 aromatic heterocycles. The minimum Gasteiger partial charge on any atom is -0.464 e. The first kappa shape index (κ1) is 10.4.